The van der Waals surface area contributed by atoms with E-state index in [0.29, 0.717) is 12.3 Å². The van der Waals surface area contributed by atoms with Crippen LogP contribution in [-0.4, -0.2) is 42.9 Å². The maximum Gasteiger partial charge on any atom is 0.244 e. The molecular weight excluding hydrogens is 206 g/mol. The van der Waals surface area contributed by atoms with Crippen LogP contribution in [0.5, 0.6) is 0 Å². The molecule has 0 aliphatic carbocycles. The molecule has 0 spiro atoms. The number of nitrogens with two attached hydrogens (primary N) is 1. The van der Waals surface area contributed by atoms with Crippen molar-refractivity contribution in [3.63, 3.8) is 0 Å². The van der Waals surface area contributed by atoms with Crippen molar-refractivity contribution in [2.75, 3.05) is 14.1 Å². The lowest BCUT2D eigenvalue weighted by Gasteiger charge is -2.23. The van der Waals surface area contributed by atoms with Crippen molar-refractivity contribution >= 4 is 11.8 Å². The smallest absolute Gasteiger partial charge is 0.244 e. The molecule has 0 rings (SSSR count). The number of hydrogen-bond donors (Lipinski definition) is 2. The van der Waals surface area contributed by atoms with E-state index in [-0.39, 0.29) is 11.8 Å². The summed E-state index contributed by atoms with van der Waals surface area (Å²) in [6, 6.07) is -1.07. The molecule has 2 atom stereocenters. The molecule has 0 aliphatic heterocycles. The molecule has 0 aliphatic rings. The topological polar surface area (TPSA) is 75.4 Å². The number of likely N-dealkylation sites (N-methyl/N-ethyl adjacent to an activating group) is 1. The van der Waals surface area contributed by atoms with E-state index in [2.05, 4.69) is 5.32 Å². The Bertz CT molecular complexity index is 250. The van der Waals surface area contributed by atoms with E-state index in [1.165, 1.54) is 4.90 Å². The quantitative estimate of drug-likeness (QED) is 0.694. The van der Waals surface area contributed by atoms with Crippen LogP contribution >= 0.6 is 0 Å². The van der Waals surface area contributed by atoms with Crippen molar-refractivity contribution in [2.45, 2.75) is 39.3 Å². The van der Waals surface area contributed by atoms with Gasteiger partial charge in [-0.1, -0.05) is 13.8 Å². The minimum atomic E-state index is -0.593. The maximum absolute atomic E-state index is 11.8. The molecule has 0 bridgehead atoms. The molecule has 3 N–H and O–H groups in total. The summed E-state index contributed by atoms with van der Waals surface area (Å²) in [6.07, 6.45) is 0.621. The second kappa shape index (κ2) is 6.48. The monoisotopic (exact) mass is 229 g/mol. The van der Waals surface area contributed by atoms with Gasteiger partial charge >= 0.3 is 0 Å². The van der Waals surface area contributed by atoms with Crippen LogP contribution in [0.25, 0.3) is 0 Å². The van der Waals surface area contributed by atoms with Crippen LogP contribution in [0.3, 0.4) is 0 Å². The molecule has 5 nitrogen and oxygen atoms in total. The number of rotatable bonds is 5. The molecule has 0 heterocycles. The molecule has 0 fully saturated rings. The van der Waals surface area contributed by atoms with Crippen molar-refractivity contribution in [1.29, 1.82) is 0 Å². The number of nitrogens with one attached hydrogen (secondary N) is 1. The number of hydrogen-bond acceptors (Lipinski definition) is 3. The lowest BCUT2D eigenvalue weighted by molar-refractivity contribution is -0.135. The van der Waals surface area contributed by atoms with Gasteiger partial charge in [-0.05, 0) is 19.3 Å². The number of carbonyl (C=O) groups excluding carboxylic acids is 2. The average Bonchev–Trinajstić information content (AvgIpc) is 2.14. The highest BCUT2D eigenvalue weighted by Gasteiger charge is 2.24. The summed E-state index contributed by atoms with van der Waals surface area (Å²) in [5, 5.41) is 2.67. The average molecular weight is 229 g/mol. The Kier molecular flexibility index (Phi) is 6.03. The van der Waals surface area contributed by atoms with Gasteiger partial charge in [0.25, 0.3) is 0 Å². The van der Waals surface area contributed by atoms with Crippen LogP contribution in [0.2, 0.25) is 0 Å². The highest BCUT2D eigenvalue weighted by atomic mass is 16.2. The molecule has 5 heteroatoms. The van der Waals surface area contributed by atoms with Crippen LogP contribution in [0.15, 0.2) is 0 Å². The predicted molar refractivity (Wildman–Crippen MR) is 63.7 cm³/mol. The molecule has 2 amide bonds. The summed E-state index contributed by atoms with van der Waals surface area (Å²) in [4.78, 5) is 24.7. The molecule has 0 radical (unpaired) electrons. The number of amides is 2. The van der Waals surface area contributed by atoms with Crippen LogP contribution in [0, 0.1) is 5.92 Å². The largest absolute Gasteiger partial charge is 0.347 e. The third-order valence-electron chi connectivity index (χ3n) is 2.18. The van der Waals surface area contributed by atoms with Crippen molar-refractivity contribution in [2.24, 2.45) is 11.7 Å². The summed E-state index contributed by atoms with van der Waals surface area (Å²) in [7, 11) is 3.35. The van der Waals surface area contributed by atoms with Crippen LogP contribution in [0.4, 0.5) is 0 Å². The fraction of sp³-hybridized carbons (Fsp3) is 0.818. The van der Waals surface area contributed by atoms with Crippen LogP contribution < -0.4 is 11.1 Å². The first kappa shape index (κ1) is 14.9. The van der Waals surface area contributed by atoms with E-state index in [1.54, 1.807) is 21.0 Å². The second-order valence-electron chi connectivity index (χ2n) is 4.71. The highest BCUT2D eigenvalue weighted by molar-refractivity contribution is 5.89. The Morgan fingerprint density at radius 1 is 1.25 bits per heavy atom. The first-order chi connectivity index (χ1) is 7.25. The molecule has 0 aromatic carbocycles. The van der Waals surface area contributed by atoms with E-state index in [0.717, 1.165) is 0 Å². The SMILES string of the molecule is CC(C)CC(NC(=O)[C@@H](C)N)C(=O)N(C)C. The summed E-state index contributed by atoms with van der Waals surface area (Å²) in [6.45, 7) is 5.61. The molecule has 94 valence electrons. The number of carbonyl (C=O) groups is 2. The summed E-state index contributed by atoms with van der Waals surface area (Å²) < 4.78 is 0. The zero-order valence-electron chi connectivity index (χ0n) is 10.8. The van der Waals surface area contributed by atoms with Gasteiger partial charge in [0, 0.05) is 14.1 Å². The molecule has 0 saturated carbocycles. The van der Waals surface area contributed by atoms with E-state index in [1.807, 2.05) is 13.8 Å². The maximum atomic E-state index is 11.8. The van der Waals surface area contributed by atoms with E-state index in [9.17, 15) is 9.59 Å². The van der Waals surface area contributed by atoms with Crippen molar-refractivity contribution < 1.29 is 9.59 Å². The van der Waals surface area contributed by atoms with E-state index >= 15 is 0 Å². The zero-order chi connectivity index (χ0) is 12.9. The van der Waals surface area contributed by atoms with Gasteiger partial charge in [-0.25, -0.2) is 0 Å². The first-order valence-corrected chi connectivity index (χ1v) is 5.52. The molecule has 0 saturated heterocycles. The third-order valence-corrected chi connectivity index (χ3v) is 2.18. The summed E-state index contributed by atoms with van der Waals surface area (Å²) in [5.41, 5.74) is 5.45. The van der Waals surface area contributed by atoms with E-state index in [4.69, 9.17) is 5.73 Å². The molecular formula is C11H23N3O2. The van der Waals surface area contributed by atoms with Gasteiger partial charge in [0.05, 0.1) is 6.04 Å². The van der Waals surface area contributed by atoms with Gasteiger partial charge in [0.2, 0.25) is 11.8 Å². The lowest BCUT2D eigenvalue weighted by Crippen LogP contribution is -2.51. The highest BCUT2D eigenvalue weighted by Crippen LogP contribution is 2.07. The fourth-order valence-electron chi connectivity index (χ4n) is 1.31. The van der Waals surface area contributed by atoms with Gasteiger partial charge in [0.15, 0.2) is 0 Å². The lowest BCUT2D eigenvalue weighted by atomic mass is 10.0. The van der Waals surface area contributed by atoms with Crippen molar-refractivity contribution in [3.05, 3.63) is 0 Å². The molecule has 0 aromatic rings. The number of nitrogens with zero attached hydrogens (tertiary/aromatic N) is 1. The second-order valence-corrected chi connectivity index (χ2v) is 4.71. The normalized spacial score (nSPS) is 14.4. The molecule has 1 unspecified atom stereocenters. The van der Waals surface area contributed by atoms with Gasteiger partial charge in [0.1, 0.15) is 6.04 Å². The molecule has 16 heavy (non-hydrogen) atoms. The van der Waals surface area contributed by atoms with Crippen molar-refractivity contribution in [3.8, 4) is 0 Å². The Hall–Kier alpha value is -1.10. The van der Waals surface area contributed by atoms with Crippen LogP contribution in [0.1, 0.15) is 27.2 Å². The van der Waals surface area contributed by atoms with Gasteiger partial charge in [-0.2, -0.15) is 0 Å². The van der Waals surface area contributed by atoms with E-state index < -0.39 is 12.1 Å². The van der Waals surface area contributed by atoms with Crippen LogP contribution in [-0.2, 0) is 9.59 Å². The standard InChI is InChI=1S/C11H23N3O2/c1-7(2)6-9(11(16)14(4)5)13-10(15)8(3)12/h7-9H,6,12H2,1-5H3,(H,13,15)/t8-,9?/m1/s1. The summed E-state index contributed by atoms with van der Waals surface area (Å²) >= 11 is 0. The van der Waals surface area contributed by atoms with Gasteiger partial charge in [-0.15, -0.1) is 0 Å². The Balaban J connectivity index is 4.55. The zero-order valence-corrected chi connectivity index (χ0v) is 10.8. The Morgan fingerprint density at radius 2 is 1.75 bits per heavy atom. The Labute approximate surface area is 97.4 Å². The minimum Gasteiger partial charge on any atom is -0.347 e. The van der Waals surface area contributed by atoms with Gasteiger partial charge < -0.3 is 16.0 Å². The molecule has 0 aromatic heterocycles. The minimum absolute atomic E-state index is 0.0947. The Morgan fingerprint density at radius 3 is 2.06 bits per heavy atom. The van der Waals surface area contributed by atoms with Crippen molar-refractivity contribution in [1.82, 2.24) is 10.2 Å². The predicted octanol–water partition coefficient (Wildman–Crippen LogP) is -0.0473. The summed E-state index contributed by atoms with van der Waals surface area (Å²) in [5.74, 6) is -0.0502. The third kappa shape index (κ3) is 5.11. The first-order valence-electron chi connectivity index (χ1n) is 5.52. The fourth-order valence-corrected chi connectivity index (χ4v) is 1.31. The van der Waals surface area contributed by atoms with Gasteiger partial charge in [-0.3, -0.25) is 9.59 Å².